The molecule has 156 valence electrons. The Balaban J connectivity index is 1.91. The third kappa shape index (κ3) is 3.76. The Kier molecular flexibility index (Phi) is 5.72. The molecule has 7 heteroatoms. The largest absolute Gasteiger partial charge is 0.506 e. The smallest absolute Gasteiger partial charge is 0.347 e. The van der Waals surface area contributed by atoms with Crippen molar-refractivity contribution in [3.8, 4) is 5.75 Å². The van der Waals surface area contributed by atoms with Crippen LogP contribution in [0.3, 0.4) is 0 Å². The summed E-state index contributed by atoms with van der Waals surface area (Å²) in [6, 6.07) is 15.1. The highest BCUT2D eigenvalue weighted by atomic mass is 16.5. The number of benzene rings is 2. The molecule has 0 atom stereocenters. The fourth-order valence-corrected chi connectivity index (χ4v) is 3.76. The van der Waals surface area contributed by atoms with Crippen LogP contribution < -0.4 is 10.5 Å². The van der Waals surface area contributed by atoms with E-state index < -0.39 is 11.5 Å². The van der Waals surface area contributed by atoms with Crippen molar-refractivity contribution in [2.45, 2.75) is 13.5 Å². The molecule has 1 saturated heterocycles. The zero-order chi connectivity index (χ0) is 21.1. The Morgan fingerprint density at radius 1 is 1.13 bits per heavy atom. The van der Waals surface area contributed by atoms with Crippen molar-refractivity contribution in [2.24, 2.45) is 0 Å². The van der Waals surface area contributed by atoms with E-state index in [2.05, 4.69) is 4.90 Å². The number of carbonyl (C=O) groups excluding carboxylic acids is 1. The summed E-state index contributed by atoms with van der Waals surface area (Å²) in [5.74, 6) is -1.16. The second kappa shape index (κ2) is 8.59. The van der Waals surface area contributed by atoms with Crippen LogP contribution in [0.4, 0.5) is 5.69 Å². The van der Waals surface area contributed by atoms with Crippen LogP contribution in [0.25, 0.3) is 10.9 Å². The Morgan fingerprint density at radius 2 is 1.87 bits per heavy atom. The summed E-state index contributed by atoms with van der Waals surface area (Å²) in [6.07, 6.45) is 0. The molecule has 0 radical (unpaired) electrons. The molecule has 2 aromatic carbocycles. The predicted molar refractivity (Wildman–Crippen MR) is 114 cm³/mol. The monoisotopic (exact) mass is 408 g/mol. The maximum absolute atomic E-state index is 13.2. The van der Waals surface area contributed by atoms with Gasteiger partial charge in [-0.15, -0.1) is 0 Å². The lowest BCUT2D eigenvalue weighted by Gasteiger charge is -2.29. The molecule has 30 heavy (non-hydrogen) atoms. The van der Waals surface area contributed by atoms with E-state index in [-0.39, 0.29) is 24.5 Å². The van der Waals surface area contributed by atoms with Gasteiger partial charge in [-0.3, -0.25) is 4.79 Å². The number of esters is 1. The number of ether oxygens (including phenoxy) is 2. The van der Waals surface area contributed by atoms with Crippen LogP contribution in [-0.2, 0) is 16.0 Å². The maximum atomic E-state index is 13.2. The number of anilines is 1. The molecule has 1 aliphatic rings. The van der Waals surface area contributed by atoms with Crippen molar-refractivity contribution in [3.05, 3.63) is 70.0 Å². The fourth-order valence-electron chi connectivity index (χ4n) is 3.76. The molecule has 0 spiro atoms. The summed E-state index contributed by atoms with van der Waals surface area (Å²) in [5, 5.41) is 11.3. The maximum Gasteiger partial charge on any atom is 0.347 e. The van der Waals surface area contributed by atoms with E-state index in [1.165, 1.54) is 4.57 Å². The van der Waals surface area contributed by atoms with Crippen molar-refractivity contribution in [3.63, 3.8) is 0 Å². The summed E-state index contributed by atoms with van der Waals surface area (Å²) in [4.78, 5) is 27.8. The van der Waals surface area contributed by atoms with Gasteiger partial charge in [-0.2, -0.15) is 0 Å². The summed E-state index contributed by atoms with van der Waals surface area (Å²) in [5.41, 5.74) is 1.48. The zero-order valence-corrected chi connectivity index (χ0v) is 16.8. The van der Waals surface area contributed by atoms with Crippen molar-refractivity contribution in [1.82, 2.24) is 4.57 Å². The Hall–Kier alpha value is -3.32. The highest BCUT2D eigenvalue weighted by molar-refractivity contribution is 6.00. The van der Waals surface area contributed by atoms with Gasteiger partial charge in [0.05, 0.1) is 31.9 Å². The van der Waals surface area contributed by atoms with Crippen molar-refractivity contribution >= 4 is 22.6 Å². The Morgan fingerprint density at radius 3 is 2.57 bits per heavy atom. The lowest BCUT2D eigenvalue weighted by Crippen LogP contribution is -2.36. The number of rotatable bonds is 5. The van der Waals surface area contributed by atoms with E-state index in [0.717, 1.165) is 24.3 Å². The number of aromatic hydroxyl groups is 1. The van der Waals surface area contributed by atoms with E-state index in [0.29, 0.717) is 24.1 Å². The van der Waals surface area contributed by atoms with Gasteiger partial charge in [0.1, 0.15) is 5.75 Å². The minimum atomic E-state index is -0.819. The van der Waals surface area contributed by atoms with Crippen LogP contribution in [0.2, 0.25) is 0 Å². The SMILES string of the molecule is CCOC(=O)c1c(O)c2cc(N3CCOCC3)ccc2n(Cc2ccccc2)c1=O. The van der Waals surface area contributed by atoms with Gasteiger partial charge in [0.2, 0.25) is 0 Å². The number of pyridine rings is 1. The summed E-state index contributed by atoms with van der Waals surface area (Å²) >= 11 is 0. The van der Waals surface area contributed by atoms with Crippen molar-refractivity contribution in [1.29, 1.82) is 0 Å². The molecule has 1 fully saturated rings. The molecule has 7 nitrogen and oxygen atoms in total. The molecule has 3 aromatic rings. The lowest BCUT2D eigenvalue weighted by molar-refractivity contribution is 0.0520. The van der Waals surface area contributed by atoms with Gasteiger partial charge >= 0.3 is 5.97 Å². The van der Waals surface area contributed by atoms with Crippen molar-refractivity contribution in [2.75, 3.05) is 37.8 Å². The molecule has 2 heterocycles. The average molecular weight is 408 g/mol. The van der Waals surface area contributed by atoms with E-state index in [9.17, 15) is 14.7 Å². The molecule has 0 aliphatic carbocycles. The van der Waals surface area contributed by atoms with Gasteiger partial charge in [0.15, 0.2) is 5.56 Å². The molecule has 1 aromatic heterocycles. The van der Waals surface area contributed by atoms with Gasteiger partial charge in [-0.1, -0.05) is 30.3 Å². The second-order valence-corrected chi connectivity index (χ2v) is 7.12. The van der Waals surface area contributed by atoms with E-state index in [1.54, 1.807) is 6.92 Å². The summed E-state index contributed by atoms with van der Waals surface area (Å²) in [7, 11) is 0. The molecule has 0 bridgehead atoms. The van der Waals surface area contributed by atoms with Crippen LogP contribution in [0.5, 0.6) is 5.75 Å². The van der Waals surface area contributed by atoms with Crippen LogP contribution in [0.15, 0.2) is 53.3 Å². The van der Waals surface area contributed by atoms with Crippen molar-refractivity contribution < 1.29 is 19.4 Å². The van der Waals surface area contributed by atoms with Gasteiger partial charge in [0, 0.05) is 24.2 Å². The Bertz CT molecular complexity index is 1120. The average Bonchev–Trinajstić information content (AvgIpc) is 2.78. The van der Waals surface area contributed by atoms with Gasteiger partial charge in [-0.25, -0.2) is 4.79 Å². The minimum Gasteiger partial charge on any atom is -0.506 e. The molecule has 0 amide bonds. The minimum absolute atomic E-state index is 0.113. The normalized spacial score (nSPS) is 14.1. The topological polar surface area (TPSA) is 81.0 Å². The van der Waals surface area contributed by atoms with Crippen LogP contribution in [-0.4, -0.2) is 48.6 Å². The van der Waals surface area contributed by atoms with E-state index in [4.69, 9.17) is 9.47 Å². The quantitative estimate of drug-likeness (QED) is 0.654. The third-order valence-electron chi connectivity index (χ3n) is 5.26. The molecule has 0 unspecified atom stereocenters. The van der Waals surface area contributed by atoms with Crippen LogP contribution in [0.1, 0.15) is 22.8 Å². The Labute approximate surface area is 174 Å². The summed E-state index contributed by atoms with van der Waals surface area (Å²) in [6.45, 7) is 4.79. The lowest BCUT2D eigenvalue weighted by atomic mass is 10.1. The first-order valence-electron chi connectivity index (χ1n) is 10.0. The van der Waals surface area contributed by atoms with Crippen LogP contribution in [0, 0.1) is 0 Å². The number of carbonyl (C=O) groups is 1. The number of morpholine rings is 1. The number of aromatic nitrogens is 1. The summed E-state index contributed by atoms with van der Waals surface area (Å²) < 4.78 is 12.0. The first kappa shape index (κ1) is 20.0. The highest BCUT2D eigenvalue weighted by Gasteiger charge is 2.24. The third-order valence-corrected chi connectivity index (χ3v) is 5.26. The first-order chi connectivity index (χ1) is 14.6. The second-order valence-electron chi connectivity index (χ2n) is 7.12. The van der Waals surface area contributed by atoms with Crippen LogP contribution >= 0.6 is 0 Å². The van der Waals surface area contributed by atoms with E-state index in [1.807, 2.05) is 48.5 Å². The molecular weight excluding hydrogens is 384 g/mol. The number of hydrogen-bond donors (Lipinski definition) is 1. The standard InChI is InChI=1S/C23H24N2O5/c1-2-30-23(28)20-21(26)18-14-17(24-10-12-29-13-11-24)8-9-19(18)25(22(20)27)15-16-6-4-3-5-7-16/h3-9,14,26H,2,10-13,15H2,1H3. The first-order valence-corrected chi connectivity index (χ1v) is 10.0. The predicted octanol–water partition coefficient (Wildman–Crippen LogP) is 2.77. The number of hydrogen-bond acceptors (Lipinski definition) is 6. The molecule has 4 rings (SSSR count). The van der Waals surface area contributed by atoms with Gasteiger partial charge in [0.25, 0.3) is 5.56 Å². The highest BCUT2D eigenvalue weighted by Crippen LogP contribution is 2.31. The van der Waals surface area contributed by atoms with E-state index >= 15 is 0 Å². The number of fused-ring (bicyclic) bond motifs is 1. The zero-order valence-electron chi connectivity index (χ0n) is 16.8. The van der Waals surface area contributed by atoms with Gasteiger partial charge < -0.3 is 24.0 Å². The number of nitrogens with zero attached hydrogens (tertiary/aromatic N) is 2. The molecular formula is C23H24N2O5. The molecule has 1 N–H and O–H groups in total. The fraction of sp³-hybridized carbons (Fsp3) is 0.304. The molecule has 0 saturated carbocycles. The molecule has 1 aliphatic heterocycles. The van der Waals surface area contributed by atoms with Gasteiger partial charge in [-0.05, 0) is 30.7 Å².